The molecule has 4 nitrogen and oxygen atoms in total. The lowest BCUT2D eigenvalue weighted by Crippen LogP contribution is -2.21. The maximum atomic E-state index is 6.86. The molecule has 2 heterocycles. The molecule has 0 amide bonds. The second-order valence-electron chi connectivity index (χ2n) is 18.5. The van der Waals surface area contributed by atoms with Gasteiger partial charge in [0, 0.05) is 44.1 Å². The van der Waals surface area contributed by atoms with Crippen molar-refractivity contribution in [2.75, 3.05) is 9.80 Å². The molecule has 13 rings (SSSR count). The Balaban J connectivity index is 1.09. The molecule has 0 unspecified atom stereocenters. The second-order valence-corrected chi connectivity index (χ2v) is 18.5. The van der Waals surface area contributed by atoms with E-state index in [9.17, 15) is 0 Å². The average molecular weight is 825 g/mol. The molecule has 0 N–H and O–H groups in total. The minimum Gasteiger partial charge on any atom is -0.456 e. The van der Waals surface area contributed by atoms with E-state index < -0.39 is 0 Å². The third-order valence-corrected chi connectivity index (χ3v) is 14.2. The highest BCUT2D eigenvalue weighted by Crippen LogP contribution is 2.56. The number of furan rings is 2. The van der Waals surface area contributed by atoms with Crippen LogP contribution in [0.15, 0.2) is 203 Å². The third-order valence-electron chi connectivity index (χ3n) is 14.2. The number of rotatable bonds is 6. The van der Waals surface area contributed by atoms with E-state index in [0.29, 0.717) is 0 Å². The summed E-state index contributed by atoms with van der Waals surface area (Å²) in [4.78, 5) is 4.87. The fourth-order valence-electron chi connectivity index (χ4n) is 11.3. The molecule has 0 saturated heterocycles. The number of para-hydroxylation sites is 3. The van der Waals surface area contributed by atoms with E-state index in [1.807, 2.05) is 12.1 Å². The fourth-order valence-corrected chi connectivity index (χ4v) is 11.3. The molecule has 2 aliphatic carbocycles. The van der Waals surface area contributed by atoms with Gasteiger partial charge in [0.05, 0.1) is 22.4 Å². The molecule has 0 saturated carbocycles. The summed E-state index contributed by atoms with van der Waals surface area (Å²) in [6, 6.07) is 70.4. The highest BCUT2D eigenvalue weighted by atomic mass is 16.3. The van der Waals surface area contributed by atoms with Gasteiger partial charge in [0.2, 0.25) is 0 Å². The smallest absolute Gasteiger partial charge is 0.159 e. The highest BCUT2D eigenvalue weighted by Gasteiger charge is 2.40. The van der Waals surface area contributed by atoms with Crippen molar-refractivity contribution < 1.29 is 8.83 Å². The number of anilines is 6. The molecule has 0 aliphatic heterocycles. The van der Waals surface area contributed by atoms with Gasteiger partial charge in [-0.15, -0.1) is 0 Å². The van der Waals surface area contributed by atoms with Gasteiger partial charge in [-0.05, 0) is 111 Å². The Morgan fingerprint density at radius 3 is 1.69 bits per heavy atom. The zero-order chi connectivity index (χ0) is 42.9. The molecule has 0 spiro atoms. The number of hydrogen-bond acceptors (Lipinski definition) is 4. The summed E-state index contributed by atoms with van der Waals surface area (Å²) in [7, 11) is 0. The molecule has 2 aromatic heterocycles. The minimum absolute atomic E-state index is 0.114. The van der Waals surface area contributed by atoms with Crippen molar-refractivity contribution in [2.45, 2.75) is 38.5 Å². The van der Waals surface area contributed by atoms with Crippen LogP contribution in [0.2, 0.25) is 0 Å². The van der Waals surface area contributed by atoms with E-state index in [-0.39, 0.29) is 10.8 Å². The number of nitrogens with zero attached hydrogens (tertiary/aromatic N) is 2. The van der Waals surface area contributed by atoms with Crippen molar-refractivity contribution in [3.63, 3.8) is 0 Å². The Hall–Kier alpha value is -7.82. The lowest BCUT2D eigenvalue weighted by Gasteiger charge is -2.33. The molecule has 11 aromatic rings. The highest BCUT2D eigenvalue weighted by molar-refractivity contribution is 6.14. The molecule has 0 atom stereocenters. The number of benzene rings is 9. The Morgan fingerprint density at radius 2 is 0.875 bits per heavy atom. The van der Waals surface area contributed by atoms with Crippen LogP contribution in [0.4, 0.5) is 34.1 Å². The SMILES string of the molecule is CC1(C)c2ccccc2-c2cc(N(c3cccc(N(c4cccc5c4C(C)(C)c4ccccc4-5)c4cccc5c4oc4ccccc45)c3)c3cccc4oc5ccccc5c34)ccc21. The Bertz CT molecular complexity index is 3710. The van der Waals surface area contributed by atoms with E-state index in [2.05, 4.69) is 219 Å². The summed E-state index contributed by atoms with van der Waals surface area (Å²) in [6.07, 6.45) is 0. The zero-order valence-electron chi connectivity index (χ0n) is 36.2. The van der Waals surface area contributed by atoms with Crippen LogP contribution in [0, 0.1) is 0 Å². The molecule has 0 fully saturated rings. The standard InChI is InChI=1S/C60H44N2O2/c1-59(2)47-25-9-6-20-41(47)46-36-39(33-34-49(46)59)61(50-27-16-32-55-56(50)45-22-8-12-31-54(45)63-55)37-17-13-18-38(35-37)62(52-29-15-24-44-42-21-7-11-30-53(42)64-58(44)52)51-28-14-23-43-40-19-5-10-26-48(40)60(3,4)57(43)51/h5-36H,1-4H3. The number of hydrogen-bond donors (Lipinski definition) is 0. The van der Waals surface area contributed by atoms with Crippen molar-refractivity contribution in [3.05, 3.63) is 216 Å². The van der Waals surface area contributed by atoms with Crippen LogP contribution in [0.3, 0.4) is 0 Å². The summed E-state index contributed by atoms with van der Waals surface area (Å²) < 4.78 is 13.4. The minimum atomic E-state index is -0.265. The Kier molecular flexibility index (Phi) is 7.67. The zero-order valence-corrected chi connectivity index (χ0v) is 36.2. The first-order valence-corrected chi connectivity index (χ1v) is 22.3. The van der Waals surface area contributed by atoms with Crippen molar-refractivity contribution in [3.8, 4) is 22.3 Å². The monoisotopic (exact) mass is 824 g/mol. The van der Waals surface area contributed by atoms with Gasteiger partial charge in [-0.2, -0.15) is 0 Å². The molecule has 306 valence electrons. The summed E-state index contributed by atoms with van der Waals surface area (Å²) in [5, 5.41) is 4.36. The fraction of sp³-hybridized carbons (Fsp3) is 0.100. The summed E-state index contributed by atoms with van der Waals surface area (Å²) >= 11 is 0. The van der Waals surface area contributed by atoms with Crippen molar-refractivity contribution in [1.29, 1.82) is 0 Å². The predicted molar refractivity (Wildman–Crippen MR) is 265 cm³/mol. The van der Waals surface area contributed by atoms with E-state index >= 15 is 0 Å². The van der Waals surface area contributed by atoms with E-state index in [1.54, 1.807) is 0 Å². The van der Waals surface area contributed by atoms with E-state index in [1.165, 1.54) is 44.5 Å². The van der Waals surface area contributed by atoms with Gasteiger partial charge in [0.15, 0.2) is 5.58 Å². The molecule has 4 heteroatoms. The van der Waals surface area contributed by atoms with E-state index in [4.69, 9.17) is 8.83 Å². The Morgan fingerprint density at radius 1 is 0.344 bits per heavy atom. The van der Waals surface area contributed by atoms with Crippen molar-refractivity contribution >= 4 is 78.0 Å². The molecular weight excluding hydrogens is 781 g/mol. The molecule has 0 bridgehead atoms. The van der Waals surface area contributed by atoms with Gasteiger partial charge in [-0.3, -0.25) is 0 Å². The van der Waals surface area contributed by atoms with Crippen LogP contribution in [-0.4, -0.2) is 0 Å². The first-order valence-electron chi connectivity index (χ1n) is 22.3. The molecule has 0 radical (unpaired) electrons. The normalized spacial score (nSPS) is 14.2. The van der Waals surface area contributed by atoms with Crippen LogP contribution in [0.5, 0.6) is 0 Å². The topological polar surface area (TPSA) is 32.8 Å². The third kappa shape index (κ3) is 5.11. The first kappa shape index (κ1) is 36.8. The van der Waals surface area contributed by atoms with Crippen LogP contribution in [0.1, 0.15) is 49.9 Å². The van der Waals surface area contributed by atoms with Gasteiger partial charge < -0.3 is 18.6 Å². The van der Waals surface area contributed by atoms with Crippen molar-refractivity contribution in [1.82, 2.24) is 0 Å². The summed E-state index contributed by atoms with van der Waals surface area (Å²) in [6.45, 7) is 9.41. The molecule has 9 aromatic carbocycles. The van der Waals surface area contributed by atoms with E-state index in [0.717, 1.165) is 78.0 Å². The second kappa shape index (κ2) is 13.3. The maximum Gasteiger partial charge on any atom is 0.159 e. The lowest BCUT2D eigenvalue weighted by atomic mass is 9.81. The number of fused-ring (bicyclic) bond motifs is 12. The van der Waals surface area contributed by atoms with Gasteiger partial charge >= 0.3 is 0 Å². The summed E-state index contributed by atoms with van der Waals surface area (Å²) in [5.41, 5.74) is 19.8. The predicted octanol–water partition coefficient (Wildman–Crippen LogP) is 17.0. The largest absolute Gasteiger partial charge is 0.456 e. The first-order chi connectivity index (χ1) is 31.3. The molecular formula is C60H44N2O2. The van der Waals surface area contributed by atoms with Gasteiger partial charge in [-0.25, -0.2) is 0 Å². The van der Waals surface area contributed by atoms with Crippen LogP contribution in [-0.2, 0) is 10.8 Å². The quantitative estimate of drug-likeness (QED) is 0.167. The van der Waals surface area contributed by atoms with Crippen LogP contribution in [0.25, 0.3) is 66.1 Å². The van der Waals surface area contributed by atoms with Crippen molar-refractivity contribution in [2.24, 2.45) is 0 Å². The summed E-state index contributed by atoms with van der Waals surface area (Å²) in [5.74, 6) is 0. The van der Waals surface area contributed by atoms with Gasteiger partial charge in [-0.1, -0.05) is 155 Å². The Labute approximate surface area is 372 Å². The molecule has 2 aliphatic rings. The van der Waals surface area contributed by atoms with Crippen LogP contribution < -0.4 is 9.80 Å². The lowest BCUT2D eigenvalue weighted by molar-refractivity contribution is 0.659. The van der Waals surface area contributed by atoms with Gasteiger partial charge in [0.1, 0.15) is 16.7 Å². The van der Waals surface area contributed by atoms with Crippen LogP contribution >= 0.6 is 0 Å². The van der Waals surface area contributed by atoms with Gasteiger partial charge in [0.25, 0.3) is 0 Å². The average Bonchev–Trinajstić information content (AvgIpc) is 4.03. The molecule has 64 heavy (non-hydrogen) atoms. The maximum absolute atomic E-state index is 6.86.